The molecule has 3 amide bonds. The first-order valence-corrected chi connectivity index (χ1v) is 18.2. The van der Waals surface area contributed by atoms with Gasteiger partial charge >= 0.3 is 0 Å². The first-order chi connectivity index (χ1) is 22.8. The molecule has 10 nitrogen and oxygen atoms in total. The molecule has 0 radical (unpaired) electrons. The summed E-state index contributed by atoms with van der Waals surface area (Å²) in [7, 11) is 1.73. The Kier molecular flexibility index (Phi) is 9.79. The lowest BCUT2D eigenvalue weighted by molar-refractivity contribution is -0.130. The van der Waals surface area contributed by atoms with Gasteiger partial charge < -0.3 is 21.1 Å². The number of aryl methyl sites for hydroxylation is 1. The highest BCUT2D eigenvalue weighted by Gasteiger charge is 2.54. The van der Waals surface area contributed by atoms with E-state index in [2.05, 4.69) is 46.7 Å². The number of hydrogen-bond acceptors (Lipinski definition) is 6. The summed E-state index contributed by atoms with van der Waals surface area (Å²) in [6, 6.07) is 8.76. The van der Waals surface area contributed by atoms with E-state index in [1.807, 2.05) is 24.3 Å². The lowest BCUT2D eigenvalue weighted by Gasteiger charge is -2.44. The van der Waals surface area contributed by atoms with Gasteiger partial charge in [-0.25, -0.2) is 0 Å². The smallest absolute Gasteiger partial charge is 0.270 e. The number of likely N-dealkylation sites (tertiary alicyclic amines) is 1. The average Bonchev–Trinajstić information content (AvgIpc) is 3.63. The molecule has 4 N–H and O–H groups in total. The topological polar surface area (TPSA) is 129 Å². The zero-order valence-electron chi connectivity index (χ0n) is 29.6. The van der Waals surface area contributed by atoms with E-state index in [-0.39, 0.29) is 40.4 Å². The molecule has 4 fully saturated rings. The van der Waals surface area contributed by atoms with Gasteiger partial charge in [0.1, 0.15) is 18.0 Å². The van der Waals surface area contributed by atoms with Gasteiger partial charge in [-0.3, -0.25) is 24.0 Å². The Morgan fingerprint density at radius 3 is 2.17 bits per heavy atom. The van der Waals surface area contributed by atoms with Crippen molar-refractivity contribution in [3.63, 3.8) is 0 Å². The minimum Gasteiger partial charge on any atom is -0.379 e. The molecule has 4 aliphatic rings. The maximum absolute atomic E-state index is 14.2. The summed E-state index contributed by atoms with van der Waals surface area (Å²) < 4.78 is 1.54. The minimum absolute atomic E-state index is 0.0335. The predicted octanol–water partition coefficient (Wildman–Crippen LogP) is 4.99. The number of amides is 3. The molecular formula is C38H56N6O4. The summed E-state index contributed by atoms with van der Waals surface area (Å²) in [5, 5.41) is 23.9. The van der Waals surface area contributed by atoms with Gasteiger partial charge in [-0.05, 0) is 105 Å². The van der Waals surface area contributed by atoms with Crippen LogP contribution in [-0.4, -0.2) is 69.4 Å². The first-order valence-electron chi connectivity index (χ1n) is 18.2. The van der Waals surface area contributed by atoms with Gasteiger partial charge in [0.15, 0.2) is 0 Å². The van der Waals surface area contributed by atoms with Gasteiger partial charge in [-0.15, -0.1) is 0 Å². The van der Waals surface area contributed by atoms with Crippen LogP contribution in [0.1, 0.15) is 108 Å². The number of piperidine rings is 1. The molecule has 3 aliphatic carbocycles. The number of aliphatic hydroxyl groups is 1. The fraction of sp³-hybridized carbons (Fsp3) is 0.684. The summed E-state index contributed by atoms with van der Waals surface area (Å²) >= 11 is 0. The van der Waals surface area contributed by atoms with Crippen molar-refractivity contribution in [3.8, 4) is 0 Å². The van der Waals surface area contributed by atoms with Crippen molar-refractivity contribution < 1.29 is 19.5 Å². The normalized spacial score (nSPS) is 23.8. The van der Waals surface area contributed by atoms with Crippen LogP contribution in [0.5, 0.6) is 0 Å². The van der Waals surface area contributed by atoms with Crippen LogP contribution in [0.4, 0.5) is 5.69 Å². The second kappa shape index (κ2) is 13.6. The fourth-order valence-corrected chi connectivity index (χ4v) is 8.66. The molecule has 48 heavy (non-hydrogen) atoms. The number of aliphatic hydroxyl groups excluding tert-OH is 1. The largest absolute Gasteiger partial charge is 0.379 e. The molecular weight excluding hydrogens is 604 g/mol. The molecule has 3 saturated carbocycles. The highest BCUT2D eigenvalue weighted by atomic mass is 16.3. The van der Waals surface area contributed by atoms with Gasteiger partial charge in [0.25, 0.3) is 5.91 Å². The van der Waals surface area contributed by atoms with Crippen LogP contribution in [0.3, 0.4) is 0 Å². The lowest BCUT2D eigenvalue weighted by Crippen LogP contribution is -2.54. The van der Waals surface area contributed by atoms with E-state index in [0.717, 1.165) is 76.4 Å². The maximum atomic E-state index is 14.2. The van der Waals surface area contributed by atoms with Crippen LogP contribution in [0.2, 0.25) is 0 Å². The molecule has 4 atom stereocenters. The maximum Gasteiger partial charge on any atom is 0.270 e. The van der Waals surface area contributed by atoms with E-state index < -0.39 is 17.7 Å². The number of nitrogens with zero attached hydrogens (tertiary/aromatic N) is 3. The molecule has 262 valence electrons. The van der Waals surface area contributed by atoms with E-state index in [0.29, 0.717) is 23.8 Å². The summed E-state index contributed by atoms with van der Waals surface area (Å²) in [6.45, 7) is 10.5. The van der Waals surface area contributed by atoms with Crippen molar-refractivity contribution in [1.29, 1.82) is 0 Å². The van der Waals surface area contributed by atoms with Crippen molar-refractivity contribution in [3.05, 3.63) is 47.8 Å². The molecule has 1 aliphatic heterocycles. The van der Waals surface area contributed by atoms with E-state index in [1.165, 1.54) is 11.1 Å². The van der Waals surface area contributed by atoms with E-state index >= 15 is 0 Å². The summed E-state index contributed by atoms with van der Waals surface area (Å²) in [6.07, 6.45) is 11.6. The van der Waals surface area contributed by atoms with Crippen molar-refractivity contribution >= 4 is 23.4 Å². The van der Waals surface area contributed by atoms with Crippen LogP contribution in [0, 0.1) is 28.6 Å². The highest BCUT2D eigenvalue weighted by molar-refractivity contribution is 6.01. The molecule has 10 heteroatoms. The Balaban J connectivity index is 1.22. The number of carbonyl (C=O) groups is 3. The molecule has 3 unspecified atom stereocenters. The Morgan fingerprint density at radius 1 is 1.00 bits per heavy atom. The number of rotatable bonds is 13. The summed E-state index contributed by atoms with van der Waals surface area (Å²) in [5.41, 5.74) is 1.43. The third-order valence-electron chi connectivity index (χ3n) is 12.8. The average molecular weight is 661 g/mol. The predicted molar refractivity (Wildman–Crippen MR) is 186 cm³/mol. The molecule has 2 aromatic rings. The molecule has 1 aromatic carbocycles. The first kappa shape index (κ1) is 34.6. The number of carbonyl (C=O) groups excluding carboxylic acids is 3. The second-order valence-electron chi connectivity index (χ2n) is 16.2. The lowest BCUT2D eigenvalue weighted by atomic mass is 9.66. The molecule has 2 heterocycles. The van der Waals surface area contributed by atoms with Crippen molar-refractivity contribution in [1.82, 2.24) is 25.3 Å². The number of aromatic nitrogens is 2. The number of benzene rings is 1. The van der Waals surface area contributed by atoms with Crippen molar-refractivity contribution in [2.45, 2.75) is 110 Å². The minimum atomic E-state index is -0.761. The van der Waals surface area contributed by atoms with E-state index in [4.69, 9.17) is 0 Å². The molecule has 0 spiro atoms. The van der Waals surface area contributed by atoms with Gasteiger partial charge in [0.2, 0.25) is 11.8 Å². The van der Waals surface area contributed by atoms with Gasteiger partial charge in [-0.1, -0.05) is 51.7 Å². The molecule has 0 bridgehead atoms. The Labute approximate surface area is 285 Å². The monoisotopic (exact) mass is 660 g/mol. The van der Waals surface area contributed by atoms with Crippen LogP contribution in [0.25, 0.3) is 0 Å². The van der Waals surface area contributed by atoms with Crippen molar-refractivity contribution in [2.24, 2.45) is 35.6 Å². The van der Waals surface area contributed by atoms with Gasteiger partial charge in [0.05, 0.1) is 5.41 Å². The quantitative estimate of drug-likeness (QED) is 0.240. The zero-order valence-corrected chi connectivity index (χ0v) is 29.6. The van der Waals surface area contributed by atoms with Crippen LogP contribution < -0.4 is 16.0 Å². The molecule has 6 rings (SSSR count). The number of hydrogen-bond donors (Lipinski definition) is 4. The second-order valence-corrected chi connectivity index (χ2v) is 16.2. The van der Waals surface area contributed by atoms with Gasteiger partial charge in [-0.2, -0.15) is 5.10 Å². The Hall–Kier alpha value is -3.24. The van der Waals surface area contributed by atoms with E-state index in [9.17, 15) is 19.5 Å². The number of nitrogens with one attached hydrogen (secondary N) is 3. The zero-order chi connectivity index (χ0) is 34.3. The Morgan fingerprint density at radius 2 is 1.67 bits per heavy atom. The summed E-state index contributed by atoms with van der Waals surface area (Å²) in [4.78, 5) is 43.8. The highest BCUT2D eigenvalue weighted by Crippen LogP contribution is 2.58. The van der Waals surface area contributed by atoms with Crippen LogP contribution in [0.15, 0.2) is 36.5 Å². The van der Waals surface area contributed by atoms with Gasteiger partial charge in [0, 0.05) is 38.6 Å². The SMILES string of the molecule is CC(O)N1CCC(C(C)(C(=O)NCC2(C)CCC2)c2ccc(NC(=O)[C@@H](NC(=O)c3ccnn3C)C(C3CCC3)C3(C)CC3)cc2)CC1. The fourth-order valence-electron chi connectivity index (χ4n) is 8.66. The van der Waals surface area contributed by atoms with E-state index in [1.54, 1.807) is 26.2 Å². The van der Waals surface area contributed by atoms with Crippen LogP contribution in [-0.2, 0) is 22.1 Å². The van der Waals surface area contributed by atoms with Crippen LogP contribution >= 0.6 is 0 Å². The summed E-state index contributed by atoms with van der Waals surface area (Å²) in [5.74, 6) is 0.114. The third kappa shape index (κ3) is 6.93. The standard InChI is InChI=1S/C38H56N6O4/c1-25(45)44-22-15-28(16-23-44)38(4,35(48)39-24-36(2)17-7-18-36)27-10-12-29(13-11-27)41-34(47)32(42-33(46)30-14-21-40-43(30)5)31(26-8-6-9-26)37(3)19-20-37/h10-14,21,25-26,28,31-32,45H,6-9,15-20,22-24H2,1-5H3,(H,39,48)(H,41,47)(H,42,46)/t25?,31?,32-,38?/m0/s1. The Bertz CT molecular complexity index is 1470. The number of anilines is 1. The molecule has 1 saturated heterocycles. The molecule has 1 aromatic heterocycles. The third-order valence-corrected chi connectivity index (χ3v) is 12.8. The van der Waals surface area contributed by atoms with Crippen molar-refractivity contribution in [2.75, 3.05) is 25.0 Å².